The molecule has 1 aliphatic rings. The maximum atomic E-state index is 13.5. The monoisotopic (exact) mass is 464 g/mol. The zero-order valence-corrected chi connectivity index (χ0v) is 19.3. The summed E-state index contributed by atoms with van der Waals surface area (Å²) in [5.74, 6) is 0.912. The maximum Gasteiger partial charge on any atom is 0.359 e. The van der Waals surface area contributed by atoms with Crippen molar-refractivity contribution < 1.29 is 14.5 Å². The molecule has 0 saturated heterocycles. The highest BCUT2D eigenvalue weighted by molar-refractivity contribution is 7.22. The van der Waals surface area contributed by atoms with Crippen LogP contribution in [0.2, 0.25) is 0 Å². The SMILES string of the molecule is Cc1ccc(CC2Nc3c(-c4cc5ccccc5s4)nc(-c4ccc(O)cc4)c[n+]3C2=O)cc1. The largest absolute Gasteiger partial charge is 0.508 e. The first-order valence-electron chi connectivity index (χ1n) is 11.2. The topological polar surface area (TPSA) is 66.1 Å². The lowest BCUT2D eigenvalue weighted by Gasteiger charge is -2.06. The third-order valence-electron chi connectivity index (χ3n) is 6.18. The Kier molecular flexibility index (Phi) is 4.89. The summed E-state index contributed by atoms with van der Waals surface area (Å²) < 4.78 is 2.88. The molecule has 5 aromatic rings. The van der Waals surface area contributed by atoms with Crippen LogP contribution in [0.4, 0.5) is 5.82 Å². The van der Waals surface area contributed by atoms with Crippen LogP contribution in [0, 0.1) is 6.92 Å². The molecule has 1 aliphatic heterocycles. The van der Waals surface area contributed by atoms with Crippen molar-refractivity contribution in [3.8, 4) is 27.6 Å². The molecule has 6 rings (SSSR count). The van der Waals surface area contributed by atoms with Gasteiger partial charge in [0.2, 0.25) is 0 Å². The number of aromatic hydroxyl groups is 1. The zero-order chi connectivity index (χ0) is 23.2. The van der Waals surface area contributed by atoms with Gasteiger partial charge in [0.25, 0.3) is 0 Å². The summed E-state index contributed by atoms with van der Waals surface area (Å²) in [7, 11) is 0. The first-order valence-corrected chi connectivity index (χ1v) is 12.0. The van der Waals surface area contributed by atoms with Crippen LogP contribution in [0.25, 0.3) is 31.9 Å². The Morgan fingerprint density at radius 1 is 1.03 bits per heavy atom. The molecule has 166 valence electrons. The summed E-state index contributed by atoms with van der Waals surface area (Å²) in [6.45, 7) is 2.06. The average molecular weight is 465 g/mol. The van der Waals surface area contributed by atoms with Crippen molar-refractivity contribution in [2.75, 3.05) is 5.32 Å². The molecule has 0 amide bonds. The minimum atomic E-state index is -0.368. The number of aromatic nitrogens is 2. The van der Waals surface area contributed by atoms with Crippen molar-refractivity contribution >= 4 is 33.1 Å². The molecule has 34 heavy (non-hydrogen) atoms. The molecule has 0 radical (unpaired) electrons. The van der Waals surface area contributed by atoms with Crippen LogP contribution >= 0.6 is 11.3 Å². The van der Waals surface area contributed by atoms with Gasteiger partial charge in [-0.25, -0.2) is 9.78 Å². The Balaban J connectivity index is 1.47. The van der Waals surface area contributed by atoms with Crippen molar-refractivity contribution in [3.63, 3.8) is 0 Å². The highest BCUT2D eigenvalue weighted by Crippen LogP contribution is 2.37. The Bertz CT molecular complexity index is 1510. The normalized spacial score (nSPS) is 14.9. The molecular weight excluding hydrogens is 442 g/mol. The number of nitrogens with zero attached hydrogens (tertiary/aromatic N) is 2. The van der Waals surface area contributed by atoms with E-state index in [-0.39, 0.29) is 17.7 Å². The Hall–Kier alpha value is -4.03. The first-order chi connectivity index (χ1) is 16.5. The highest BCUT2D eigenvalue weighted by Gasteiger charge is 2.41. The van der Waals surface area contributed by atoms with E-state index in [4.69, 9.17) is 4.98 Å². The zero-order valence-electron chi connectivity index (χ0n) is 18.5. The van der Waals surface area contributed by atoms with Crippen LogP contribution in [-0.2, 0) is 6.42 Å². The smallest absolute Gasteiger partial charge is 0.359 e. The van der Waals surface area contributed by atoms with E-state index in [2.05, 4.69) is 54.7 Å². The minimum Gasteiger partial charge on any atom is -0.508 e. The first kappa shape index (κ1) is 20.6. The number of phenolic OH excluding ortho intramolecular Hbond substituents is 1. The Labute approximate surface area is 201 Å². The lowest BCUT2D eigenvalue weighted by molar-refractivity contribution is -0.551. The number of rotatable bonds is 4. The molecule has 3 heterocycles. The number of nitrogens with one attached hydrogen (secondary N) is 1. The predicted molar refractivity (Wildman–Crippen MR) is 135 cm³/mol. The second kappa shape index (κ2) is 8.08. The van der Waals surface area contributed by atoms with E-state index in [0.29, 0.717) is 12.1 Å². The van der Waals surface area contributed by atoms with Gasteiger partial charge in [0.1, 0.15) is 17.6 Å². The van der Waals surface area contributed by atoms with Gasteiger partial charge in [-0.15, -0.1) is 11.3 Å². The fraction of sp³-hybridized carbons (Fsp3) is 0.107. The third kappa shape index (κ3) is 3.62. The average Bonchev–Trinajstić information content (AvgIpc) is 3.42. The molecule has 1 unspecified atom stereocenters. The van der Waals surface area contributed by atoms with Crippen molar-refractivity contribution in [1.82, 2.24) is 4.98 Å². The molecule has 0 spiro atoms. The summed E-state index contributed by atoms with van der Waals surface area (Å²) in [5.41, 5.74) is 4.58. The van der Waals surface area contributed by atoms with Gasteiger partial charge in [-0.3, -0.25) is 5.32 Å². The Morgan fingerprint density at radius 2 is 1.79 bits per heavy atom. The Morgan fingerprint density at radius 3 is 2.56 bits per heavy atom. The quantitative estimate of drug-likeness (QED) is 0.339. The van der Waals surface area contributed by atoms with Crippen LogP contribution in [0.15, 0.2) is 85.1 Å². The van der Waals surface area contributed by atoms with Crippen LogP contribution in [0.3, 0.4) is 0 Å². The summed E-state index contributed by atoms with van der Waals surface area (Å²) in [6, 6.07) is 25.2. The van der Waals surface area contributed by atoms with Crippen molar-refractivity contribution in [3.05, 3.63) is 96.2 Å². The van der Waals surface area contributed by atoms with Gasteiger partial charge in [0.15, 0.2) is 11.7 Å². The van der Waals surface area contributed by atoms with Gasteiger partial charge in [-0.2, -0.15) is 4.57 Å². The molecule has 0 saturated carbocycles. The molecule has 2 N–H and O–H groups in total. The molecule has 1 atom stereocenters. The van der Waals surface area contributed by atoms with E-state index >= 15 is 0 Å². The number of thiophene rings is 1. The number of benzene rings is 3. The number of hydrogen-bond acceptors (Lipinski definition) is 5. The number of fused-ring (bicyclic) bond motifs is 2. The minimum absolute atomic E-state index is 0.000337. The second-order valence-electron chi connectivity index (χ2n) is 8.61. The summed E-state index contributed by atoms with van der Waals surface area (Å²) in [6.07, 6.45) is 2.39. The molecular formula is C28H22N3O2S+. The number of aryl methyl sites for hydroxylation is 1. The fourth-order valence-corrected chi connectivity index (χ4v) is 5.40. The van der Waals surface area contributed by atoms with Gasteiger partial charge in [-0.1, -0.05) is 48.0 Å². The number of carbonyl (C=O) groups excluding carboxylic acids is 1. The number of hydrogen-bond donors (Lipinski definition) is 2. The van der Waals surface area contributed by atoms with Crippen molar-refractivity contribution in [1.29, 1.82) is 0 Å². The van der Waals surface area contributed by atoms with Crippen LogP contribution in [-0.4, -0.2) is 22.0 Å². The standard InChI is InChI=1S/C28H21N3O2S/c1-17-6-8-18(9-7-17)14-22-28(33)31-16-23(19-10-12-21(32)13-11-19)29-26(27(31)30-22)25-15-20-4-2-3-5-24(20)34-25/h2-13,15-16,22,32H,14H2,1H3/p+1. The van der Waals surface area contributed by atoms with E-state index in [1.807, 2.05) is 24.3 Å². The van der Waals surface area contributed by atoms with Gasteiger partial charge >= 0.3 is 11.7 Å². The van der Waals surface area contributed by atoms with Crippen molar-refractivity contribution in [2.24, 2.45) is 0 Å². The van der Waals surface area contributed by atoms with Crippen molar-refractivity contribution in [2.45, 2.75) is 19.4 Å². The predicted octanol–water partition coefficient (Wildman–Crippen LogP) is 5.61. The van der Waals surface area contributed by atoms with Crippen LogP contribution in [0.5, 0.6) is 5.75 Å². The van der Waals surface area contributed by atoms with E-state index < -0.39 is 0 Å². The van der Waals surface area contributed by atoms with E-state index in [0.717, 1.165) is 32.9 Å². The lowest BCUT2D eigenvalue weighted by Crippen LogP contribution is -2.43. The van der Waals surface area contributed by atoms with Gasteiger partial charge in [0, 0.05) is 16.7 Å². The molecule has 0 aliphatic carbocycles. The van der Waals surface area contributed by atoms with Crippen LogP contribution in [0.1, 0.15) is 15.9 Å². The number of anilines is 1. The summed E-state index contributed by atoms with van der Waals surface area (Å²) >= 11 is 1.66. The molecule has 3 aromatic carbocycles. The molecule has 0 fully saturated rings. The summed E-state index contributed by atoms with van der Waals surface area (Å²) in [5, 5.41) is 14.3. The molecule has 5 nitrogen and oxygen atoms in total. The van der Waals surface area contributed by atoms with Gasteiger partial charge in [-0.05, 0) is 54.3 Å². The molecule has 6 heteroatoms. The van der Waals surface area contributed by atoms with E-state index in [9.17, 15) is 9.90 Å². The number of carbonyl (C=O) groups is 1. The second-order valence-corrected chi connectivity index (χ2v) is 9.70. The lowest BCUT2D eigenvalue weighted by atomic mass is 10.0. The third-order valence-corrected chi connectivity index (χ3v) is 7.30. The van der Waals surface area contributed by atoms with Gasteiger partial charge < -0.3 is 5.11 Å². The molecule has 2 aromatic heterocycles. The van der Waals surface area contributed by atoms with E-state index in [1.54, 1.807) is 34.2 Å². The maximum absolute atomic E-state index is 13.5. The number of phenols is 1. The highest BCUT2D eigenvalue weighted by atomic mass is 32.1. The van der Waals surface area contributed by atoms with Gasteiger partial charge in [0.05, 0.1) is 4.88 Å². The molecule has 0 bridgehead atoms. The van der Waals surface area contributed by atoms with E-state index in [1.165, 1.54) is 10.3 Å². The van der Waals surface area contributed by atoms with Crippen LogP contribution < -0.4 is 9.88 Å². The fourth-order valence-electron chi connectivity index (χ4n) is 4.35. The summed E-state index contributed by atoms with van der Waals surface area (Å²) in [4.78, 5) is 19.5.